The average molecular weight is 169 g/mol. The molecule has 1 atom stereocenters. The molecule has 0 amide bonds. The summed E-state index contributed by atoms with van der Waals surface area (Å²) in [6, 6.07) is 0. The second-order valence-electron chi connectivity index (χ2n) is 5.46. The van der Waals surface area contributed by atoms with Crippen LogP contribution in [0.4, 0.5) is 0 Å². The molecule has 12 heavy (non-hydrogen) atoms. The molecule has 1 aliphatic rings. The molecule has 1 fully saturated rings. The number of hydrogen-bond acceptors (Lipinski definition) is 1. The molecule has 1 heteroatoms. The maximum atomic E-state index is 3.59. The van der Waals surface area contributed by atoms with Gasteiger partial charge in [0.2, 0.25) is 0 Å². The predicted octanol–water partition coefficient (Wildman–Crippen LogP) is 2.81. The molecule has 1 heterocycles. The lowest BCUT2D eigenvalue weighted by Crippen LogP contribution is -2.45. The fourth-order valence-electron chi connectivity index (χ4n) is 2.44. The second kappa shape index (κ2) is 3.02. The van der Waals surface area contributed by atoms with Crippen LogP contribution >= 0.6 is 0 Å². The standard InChI is InChI=1S/C11H23N/c1-9(2)8-11(5)6-7-12-10(11,3)4/h9,12H,6-8H2,1-5H3. The van der Waals surface area contributed by atoms with Crippen molar-refractivity contribution >= 4 is 0 Å². The highest BCUT2D eigenvalue weighted by Gasteiger charge is 2.44. The molecule has 0 aliphatic carbocycles. The smallest absolute Gasteiger partial charge is 0.0179 e. The summed E-state index contributed by atoms with van der Waals surface area (Å²) in [6.45, 7) is 12.9. The summed E-state index contributed by atoms with van der Waals surface area (Å²) in [6.07, 6.45) is 2.67. The summed E-state index contributed by atoms with van der Waals surface area (Å²) < 4.78 is 0. The van der Waals surface area contributed by atoms with E-state index in [0.29, 0.717) is 11.0 Å². The van der Waals surface area contributed by atoms with Gasteiger partial charge in [0.1, 0.15) is 0 Å². The van der Waals surface area contributed by atoms with E-state index >= 15 is 0 Å². The lowest BCUT2D eigenvalue weighted by Gasteiger charge is -2.39. The zero-order valence-electron chi connectivity index (χ0n) is 9.20. The van der Waals surface area contributed by atoms with E-state index < -0.39 is 0 Å². The highest BCUT2D eigenvalue weighted by atomic mass is 15.0. The summed E-state index contributed by atoms with van der Waals surface area (Å²) in [5, 5.41) is 3.59. The molecule has 0 aromatic rings. The van der Waals surface area contributed by atoms with Crippen LogP contribution < -0.4 is 5.32 Å². The summed E-state index contributed by atoms with van der Waals surface area (Å²) >= 11 is 0. The van der Waals surface area contributed by atoms with E-state index in [-0.39, 0.29) is 0 Å². The van der Waals surface area contributed by atoms with E-state index in [1.54, 1.807) is 0 Å². The van der Waals surface area contributed by atoms with Crippen molar-refractivity contribution in [3.05, 3.63) is 0 Å². The summed E-state index contributed by atoms with van der Waals surface area (Å²) in [5.74, 6) is 0.814. The van der Waals surface area contributed by atoms with E-state index in [1.807, 2.05) is 0 Å². The molecule has 1 nitrogen and oxygen atoms in total. The average Bonchev–Trinajstić information content (AvgIpc) is 2.05. The van der Waals surface area contributed by atoms with E-state index in [9.17, 15) is 0 Å². The molecule has 0 radical (unpaired) electrons. The van der Waals surface area contributed by atoms with Crippen molar-refractivity contribution in [2.45, 2.75) is 53.0 Å². The lowest BCUT2D eigenvalue weighted by atomic mass is 9.69. The Labute approximate surface area is 76.9 Å². The molecule has 0 aromatic carbocycles. The van der Waals surface area contributed by atoms with Crippen molar-refractivity contribution in [3.8, 4) is 0 Å². The first-order chi connectivity index (χ1) is 5.37. The predicted molar refractivity (Wildman–Crippen MR) is 54.3 cm³/mol. The van der Waals surface area contributed by atoms with Gasteiger partial charge in [-0.05, 0) is 44.6 Å². The molecule has 72 valence electrons. The van der Waals surface area contributed by atoms with Crippen LogP contribution in [0.1, 0.15) is 47.5 Å². The Morgan fingerprint density at radius 2 is 1.83 bits per heavy atom. The minimum atomic E-state index is 0.331. The van der Waals surface area contributed by atoms with Crippen LogP contribution in [0.25, 0.3) is 0 Å². The molecule has 1 rings (SSSR count). The zero-order chi connectivity index (χ0) is 9.41. The van der Waals surface area contributed by atoms with Crippen molar-refractivity contribution in [1.29, 1.82) is 0 Å². The second-order valence-corrected chi connectivity index (χ2v) is 5.46. The zero-order valence-corrected chi connectivity index (χ0v) is 9.20. The molecule has 0 saturated carbocycles. The normalized spacial score (nSPS) is 34.5. The Kier molecular flexibility index (Phi) is 2.53. The first-order valence-corrected chi connectivity index (χ1v) is 5.12. The van der Waals surface area contributed by atoms with E-state index in [4.69, 9.17) is 0 Å². The highest BCUT2D eigenvalue weighted by molar-refractivity contribution is 5.01. The van der Waals surface area contributed by atoms with Crippen molar-refractivity contribution in [1.82, 2.24) is 5.32 Å². The maximum absolute atomic E-state index is 3.59. The third kappa shape index (κ3) is 1.66. The van der Waals surface area contributed by atoms with Gasteiger partial charge >= 0.3 is 0 Å². The molecular formula is C11H23N. The van der Waals surface area contributed by atoms with Gasteiger partial charge in [0.05, 0.1) is 0 Å². The summed E-state index contributed by atoms with van der Waals surface area (Å²) in [5.41, 5.74) is 0.832. The Balaban J connectivity index is 2.69. The van der Waals surface area contributed by atoms with Gasteiger partial charge in [0.15, 0.2) is 0 Å². The number of rotatable bonds is 2. The fourth-order valence-corrected chi connectivity index (χ4v) is 2.44. The van der Waals surface area contributed by atoms with Crippen LogP contribution in [0.2, 0.25) is 0 Å². The Hall–Kier alpha value is -0.0400. The molecular weight excluding hydrogens is 146 g/mol. The van der Waals surface area contributed by atoms with Crippen LogP contribution in [0.15, 0.2) is 0 Å². The minimum Gasteiger partial charge on any atom is -0.311 e. The molecule has 0 aromatic heterocycles. The summed E-state index contributed by atoms with van der Waals surface area (Å²) in [7, 11) is 0. The van der Waals surface area contributed by atoms with Crippen LogP contribution in [-0.2, 0) is 0 Å². The lowest BCUT2D eigenvalue weighted by molar-refractivity contribution is 0.158. The van der Waals surface area contributed by atoms with Gasteiger partial charge in [-0.1, -0.05) is 20.8 Å². The maximum Gasteiger partial charge on any atom is 0.0179 e. The molecule has 1 aliphatic heterocycles. The van der Waals surface area contributed by atoms with Crippen LogP contribution in [0.3, 0.4) is 0 Å². The Bertz CT molecular complexity index is 160. The van der Waals surface area contributed by atoms with E-state index in [2.05, 4.69) is 39.9 Å². The van der Waals surface area contributed by atoms with Gasteiger partial charge in [0.25, 0.3) is 0 Å². The van der Waals surface area contributed by atoms with Gasteiger partial charge in [-0.3, -0.25) is 0 Å². The monoisotopic (exact) mass is 169 g/mol. The van der Waals surface area contributed by atoms with Crippen molar-refractivity contribution < 1.29 is 0 Å². The molecule has 0 spiro atoms. The Morgan fingerprint density at radius 1 is 1.25 bits per heavy atom. The quantitative estimate of drug-likeness (QED) is 0.670. The van der Waals surface area contributed by atoms with Gasteiger partial charge in [-0.2, -0.15) is 0 Å². The molecule has 1 N–H and O–H groups in total. The molecule has 1 unspecified atom stereocenters. The SMILES string of the molecule is CC(C)CC1(C)CCNC1(C)C. The minimum absolute atomic E-state index is 0.331. The topological polar surface area (TPSA) is 12.0 Å². The largest absolute Gasteiger partial charge is 0.311 e. The number of hydrogen-bond donors (Lipinski definition) is 1. The van der Waals surface area contributed by atoms with Gasteiger partial charge in [-0.25, -0.2) is 0 Å². The Morgan fingerprint density at radius 3 is 2.17 bits per heavy atom. The summed E-state index contributed by atoms with van der Waals surface area (Å²) in [4.78, 5) is 0. The molecule has 1 saturated heterocycles. The molecule has 0 bridgehead atoms. The third-order valence-electron chi connectivity index (χ3n) is 3.61. The van der Waals surface area contributed by atoms with Gasteiger partial charge < -0.3 is 5.32 Å². The van der Waals surface area contributed by atoms with Crippen molar-refractivity contribution in [3.63, 3.8) is 0 Å². The first-order valence-electron chi connectivity index (χ1n) is 5.12. The van der Waals surface area contributed by atoms with Crippen molar-refractivity contribution in [2.75, 3.05) is 6.54 Å². The fraction of sp³-hybridized carbons (Fsp3) is 1.00. The van der Waals surface area contributed by atoms with Crippen LogP contribution in [0, 0.1) is 11.3 Å². The highest BCUT2D eigenvalue weighted by Crippen LogP contribution is 2.43. The third-order valence-corrected chi connectivity index (χ3v) is 3.61. The van der Waals surface area contributed by atoms with Crippen LogP contribution in [0.5, 0.6) is 0 Å². The van der Waals surface area contributed by atoms with Crippen LogP contribution in [-0.4, -0.2) is 12.1 Å². The van der Waals surface area contributed by atoms with E-state index in [0.717, 1.165) is 5.92 Å². The van der Waals surface area contributed by atoms with Gasteiger partial charge in [0, 0.05) is 5.54 Å². The van der Waals surface area contributed by atoms with Gasteiger partial charge in [-0.15, -0.1) is 0 Å². The van der Waals surface area contributed by atoms with Crippen molar-refractivity contribution in [2.24, 2.45) is 11.3 Å². The number of nitrogens with one attached hydrogen (secondary N) is 1. The van der Waals surface area contributed by atoms with E-state index in [1.165, 1.54) is 19.4 Å². The first kappa shape index (κ1) is 10.0.